The van der Waals surface area contributed by atoms with Crippen LogP contribution >= 0.6 is 0 Å². The van der Waals surface area contributed by atoms with E-state index in [1.807, 2.05) is 0 Å². The lowest BCUT2D eigenvalue weighted by Gasteiger charge is -2.12. The van der Waals surface area contributed by atoms with Crippen molar-refractivity contribution in [2.24, 2.45) is 0 Å². The lowest BCUT2D eigenvalue weighted by Crippen LogP contribution is -2.18. The molecule has 0 amide bonds. The van der Waals surface area contributed by atoms with Crippen molar-refractivity contribution in [2.75, 3.05) is 18.0 Å². The number of Topliss-reactive ketones (excluding diaryl/α,β-unsaturated/α-hetero) is 1. The van der Waals surface area contributed by atoms with Crippen LogP contribution in [-0.2, 0) is 0 Å². The van der Waals surface area contributed by atoms with E-state index in [1.165, 1.54) is 12.8 Å². The number of ketones is 1. The van der Waals surface area contributed by atoms with Gasteiger partial charge in [-0.25, -0.2) is 4.98 Å². The van der Waals surface area contributed by atoms with Crippen LogP contribution in [0.15, 0.2) is 6.20 Å². The number of imidazole rings is 1. The number of nitrogens with zero attached hydrogens (tertiary/aromatic N) is 2. The lowest BCUT2D eigenvalue weighted by atomic mass is 10.3. The molecule has 2 heterocycles. The molecule has 1 saturated heterocycles. The molecule has 0 unspecified atom stereocenters. The Hall–Kier alpha value is -1.32. The van der Waals surface area contributed by atoms with Crippen LogP contribution in [0.5, 0.6) is 0 Å². The molecular weight excluding hydrogens is 166 g/mol. The summed E-state index contributed by atoms with van der Waals surface area (Å²) in [6, 6.07) is 0. The molecule has 1 aliphatic heterocycles. The molecular formula is C9H13N3O. The van der Waals surface area contributed by atoms with E-state index in [1.54, 1.807) is 13.1 Å². The Balaban J connectivity index is 2.16. The zero-order chi connectivity index (χ0) is 9.26. The quantitative estimate of drug-likeness (QED) is 0.694. The van der Waals surface area contributed by atoms with Crippen molar-refractivity contribution in [3.8, 4) is 0 Å². The van der Waals surface area contributed by atoms with Gasteiger partial charge >= 0.3 is 0 Å². The topological polar surface area (TPSA) is 49.0 Å². The number of hydrogen-bond acceptors (Lipinski definition) is 3. The van der Waals surface area contributed by atoms with Gasteiger partial charge in [0.1, 0.15) is 5.69 Å². The van der Waals surface area contributed by atoms with Gasteiger partial charge in [-0.05, 0) is 12.8 Å². The molecule has 0 bridgehead atoms. The van der Waals surface area contributed by atoms with Crippen molar-refractivity contribution in [1.82, 2.24) is 9.97 Å². The van der Waals surface area contributed by atoms with Crippen LogP contribution in [0.4, 0.5) is 5.95 Å². The molecule has 0 radical (unpaired) electrons. The second-order valence-corrected chi connectivity index (χ2v) is 3.37. The van der Waals surface area contributed by atoms with E-state index in [2.05, 4.69) is 14.9 Å². The summed E-state index contributed by atoms with van der Waals surface area (Å²) in [5.74, 6) is 0.876. The highest BCUT2D eigenvalue weighted by Gasteiger charge is 2.15. The molecule has 0 atom stereocenters. The number of aromatic amines is 1. The fraction of sp³-hybridized carbons (Fsp3) is 0.556. The maximum atomic E-state index is 11.0. The highest BCUT2D eigenvalue weighted by molar-refractivity contribution is 5.92. The van der Waals surface area contributed by atoms with Crippen LogP contribution in [0.2, 0.25) is 0 Å². The first-order chi connectivity index (χ1) is 6.27. The normalized spacial score (nSPS) is 16.5. The molecule has 1 fully saturated rings. The molecule has 13 heavy (non-hydrogen) atoms. The fourth-order valence-corrected chi connectivity index (χ4v) is 1.58. The molecule has 1 aromatic heterocycles. The Labute approximate surface area is 77.0 Å². The third-order valence-corrected chi connectivity index (χ3v) is 2.35. The first-order valence-corrected chi connectivity index (χ1v) is 4.58. The summed E-state index contributed by atoms with van der Waals surface area (Å²) >= 11 is 0. The van der Waals surface area contributed by atoms with E-state index in [9.17, 15) is 4.79 Å². The molecule has 0 aromatic carbocycles. The number of H-pyrrole nitrogens is 1. The SMILES string of the molecule is CC(=O)c1cnc(N2CCCC2)[nH]1. The summed E-state index contributed by atoms with van der Waals surface area (Å²) in [5.41, 5.74) is 0.599. The van der Waals surface area contributed by atoms with Gasteiger partial charge in [-0.1, -0.05) is 0 Å². The van der Waals surface area contributed by atoms with Gasteiger partial charge in [-0.15, -0.1) is 0 Å². The van der Waals surface area contributed by atoms with E-state index >= 15 is 0 Å². The first-order valence-electron chi connectivity index (χ1n) is 4.58. The van der Waals surface area contributed by atoms with E-state index in [0.29, 0.717) is 5.69 Å². The third kappa shape index (κ3) is 1.56. The minimum atomic E-state index is 0.0398. The lowest BCUT2D eigenvalue weighted by molar-refractivity contribution is 0.101. The van der Waals surface area contributed by atoms with Crippen LogP contribution in [0.1, 0.15) is 30.3 Å². The predicted octanol–water partition coefficient (Wildman–Crippen LogP) is 1.21. The maximum absolute atomic E-state index is 11.0. The van der Waals surface area contributed by atoms with Crippen molar-refractivity contribution in [3.63, 3.8) is 0 Å². The highest BCUT2D eigenvalue weighted by atomic mass is 16.1. The van der Waals surface area contributed by atoms with Gasteiger partial charge in [0.25, 0.3) is 0 Å². The number of nitrogens with one attached hydrogen (secondary N) is 1. The third-order valence-electron chi connectivity index (χ3n) is 2.35. The Bertz CT molecular complexity index is 312. The summed E-state index contributed by atoms with van der Waals surface area (Å²) in [4.78, 5) is 20.3. The predicted molar refractivity (Wildman–Crippen MR) is 50.0 cm³/mol. The fourth-order valence-electron chi connectivity index (χ4n) is 1.58. The van der Waals surface area contributed by atoms with Gasteiger partial charge in [0.2, 0.25) is 5.95 Å². The largest absolute Gasteiger partial charge is 0.342 e. The van der Waals surface area contributed by atoms with Crippen LogP contribution in [0.3, 0.4) is 0 Å². The van der Waals surface area contributed by atoms with Crippen LogP contribution in [0, 0.1) is 0 Å². The zero-order valence-corrected chi connectivity index (χ0v) is 7.71. The Morgan fingerprint density at radius 2 is 2.23 bits per heavy atom. The molecule has 1 N–H and O–H groups in total. The summed E-state index contributed by atoms with van der Waals surface area (Å²) in [6.45, 7) is 3.64. The van der Waals surface area contributed by atoms with Crippen molar-refractivity contribution in [2.45, 2.75) is 19.8 Å². The van der Waals surface area contributed by atoms with Crippen molar-refractivity contribution < 1.29 is 4.79 Å². The van der Waals surface area contributed by atoms with Gasteiger partial charge in [0.15, 0.2) is 5.78 Å². The average molecular weight is 179 g/mol. The highest BCUT2D eigenvalue weighted by Crippen LogP contribution is 2.16. The van der Waals surface area contributed by atoms with Gasteiger partial charge in [0.05, 0.1) is 6.20 Å². The van der Waals surface area contributed by atoms with Gasteiger partial charge in [0, 0.05) is 20.0 Å². The molecule has 0 aliphatic carbocycles. The van der Waals surface area contributed by atoms with Crippen molar-refractivity contribution >= 4 is 11.7 Å². The van der Waals surface area contributed by atoms with Crippen LogP contribution in [0.25, 0.3) is 0 Å². The molecule has 0 saturated carbocycles. The summed E-state index contributed by atoms with van der Waals surface area (Å²) in [7, 11) is 0. The summed E-state index contributed by atoms with van der Waals surface area (Å²) < 4.78 is 0. The Morgan fingerprint density at radius 3 is 2.77 bits per heavy atom. The number of anilines is 1. The minimum absolute atomic E-state index is 0.0398. The van der Waals surface area contributed by atoms with Crippen molar-refractivity contribution in [3.05, 3.63) is 11.9 Å². The standard InChI is InChI=1S/C9H13N3O/c1-7(13)8-6-10-9(11-8)12-4-2-3-5-12/h6H,2-5H2,1H3,(H,10,11). The monoisotopic (exact) mass is 179 g/mol. The maximum Gasteiger partial charge on any atom is 0.203 e. The molecule has 70 valence electrons. The van der Waals surface area contributed by atoms with Gasteiger partial charge < -0.3 is 9.88 Å². The molecule has 4 nitrogen and oxygen atoms in total. The molecule has 0 spiro atoms. The molecule has 1 aromatic rings. The van der Waals surface area contributed by atoms with Crippen molar-refractivity contribution in [1.29, 1.82) is 0 Å². The van der Waals surface area contributed by atoms with E-state index in [4.69, 9.17) is 0 Å². The zero-order valence-electron chi connectivity index (χ0n) is 7.71. The Morgan fingerprint density at radius 1 is 1.54 bits per heavy atom. The van der Waals surface area contributed by atoms with Crippen LogP contribution < -0.4 is 4.90 Å². The number of carbonyl (C=O) groups excluding carboxylic acids is 1. The van der Waals surface area contributed by atoms with E-state index in [0.717, 1.165) is 19.0 Å². The second kappa shape index (κ2) is 3.20. The molecule has 1 aliphatic rings. The van der Waals surface area contributed by atoms with Gasteiger partial charge in [-0.2, -0.15) is 0 Å². The van der Waals surface area contributed by atoms with Crippen LogP contribution in [-0.4, -0.2) is 28.8 Å². The minimum Gasteiger partial charge on any atom is -0.342 e. The summed E-state index contributed by atoms with van der Waals surface area (Å²) in [5, 5.41) is 0. The second-order valence-electron chi connectivity index (χ2n) is 3.37. The number of aromatic nitrogens is 2. The molecule has 4 heteroatoms. The van der Waals surface area contributed by atoms with E-state index < -0.39 is 0 Å². The smallest absolute Gasteiger partial charge is 0.203 e. The number of hydrogen-bond donors (Lipinski definition) is 1. The summed E-state index contributed by atoms with van der Waals surface area (Å²) in [6.07, 6.45) is 4.04. The van der Waals surface area contributed by atoms with E-state index in [-0.39, 0.29) is 5.78 Å². The first kappa shape index (κ1) is 8.29. The van der Waals surface area contributed by atoms with Gasteiger partial charge in [-0.3, -0.25) is 4.79 Å². The average Bonchev–Trinajstić information content (AvgIpc) is 2.75. The molecule has 2 rings (SSSR count). The number of carbonyl (C=O) groups is 1. The Kier molecular flexibility index (Phi) is 2.04. The number of rotatable bonds is 2.